The van der Waals surface area contributed by atoms with Crippen LogP contribution in [-0.4, -0.2) is 47.6 Å². The third-order valence-electron chi connectivity index (χ3n) is 5.51. The molecule has 1 atom stereocenters. The molecule has 5 rings (SSSR count). The summed E-state index contributed by atoms with van der Waals surface area (Å²) in [5.74, 6) is 2.39. The fourth-order valence-corrected chi connectivity index (χ4v) is 3.96. The number of benzene rings is 1. The first-order chi connectivity index (χ1) is 12.4. The van der Waals surface area contributed by atoms with Gasteiger partial charge in [-0.15, -0.1) is 0 Å². The molecule has 6 nitrogen and oxygen atoms in total. The first-order valence-electron chi connectivity index (χ1n) is 9.24. The van der Waals surface area contributed by atoms with Gasteiger partial charge < -0.3 is 19.7 Å². The molecule has 6 heteroatoms. The van der Waals surface area contributed by atoms with Crippen molar-refractivity contribution in [2.24, 2.45) is 5.92 Å². The van der Waals surface area contributed by atoms with Gasteiger partial charge in [0.1, 0.15) is 0 Å². The number of hydrogen-bond donors (Lipinski definition) is 2. The van der Waals surface area contributed by atoms with Crippen molar-refractivity contribution in [1.82, 2.24) is 20.4 Å². The average Bonchev–Trinajstić information content (AvgIpc) is 3.04. The van der Waals surface area contributed by atoms with Gasteiger partial charge in [0.15, 0.2) is 11.5 Å². The van der Waals surface area contributed by atoms with E-state index < -0.39 is 0 Å². The van der Waals surface area contributed by atoms with E-state index in [2.05, 4.69) is 26.5 Å². The largest absolute Gasteiger partial charge is 0.454 e. The van der Waals surface area contributed by atoms with Crippen molar-refractivity contribution < 1.29 is 9.47 Å². The highest BCUT2D eigenvalue weighted by molar-refractivity contribution is 5.66. The van der Waals surface area contributed by atoms with Crippen LogP contribution in [0.4, 0.5) is 0 Å². The van der Waals surface area contributed by atoms with Gasteiger partial charge in [-0.25, -0.2) is 0 Å². The smallest absolute Gasteiger partial charge is 0.231 e. The Balaban J connectivity index is 1.20. The summed E-state index contributed by atoms with van der Waals surface area (Å²) in [5, 5.41) is 11.0. The highest BCUT2D eigenvalue weighted by Crippen LogP contribution is 2.36. The Bertz CT molecular complexity index is 756. The van der Waals surface area contributed by atoms with Gasteiger partial charge in [-0.05, 0) is 56.5 Å². The predicted molar refractivity (Wildman–Crippen MR) is 94.6 cm³/mol. The summed E-state index contributed by atoms with van der Waals surface area (Å²) in [6.45, 7) is 4.76. The maximum absolute atomic E-state index is 5.48. The van der Waals surface area contributed by atoms with Crippen LogP contribution in [0.3, 0.4) is 0 Å². The van der Waals surface area contributed by atoms with E-state index in [9.17, 15) is 0 Å². The molecule has 0 amide bonds. The van der Waals surface area contributed by atoms with Gasteiger partial charge >= 0.3 is 0 Å². The fourth-order valence-electron chi connectivity index (χ4n) is 3.96. The molecule has 1 aromatic heterocycles. The van der Waals surface area contributed by atoms with Crippen LogP contribution < -0.4 is 14.8 Å². The van der Waals surface area contributed by atoms with Gasteiger partial charge in [0, 0.05) is 30.3 Å². The number of nitrogens with zero attached hydrogens (tertiary/aromatic N) is 2. The van der Waals surface area contributed by atoms with Crippen molar-refractivity contribution in [1.29, 1.82) is 0 Å². The first-order valence-corrected chi connectivity index (χ1v) is 9.24. The lowest BCUT2D eigenvalue weighted by atomic mass is 10.1. The van der Waals surface area contributed by atoms with Crippen LogP contribution in [0.2, 0.25) is 0 Å². The number of ether oxygens (including phenoxy) is 2. The topological polar surface area (TPSA) is 62.4 Å². The Kier molecular flexibility index (Phi) is 3.87. The summed E-state index contributed by atoms with van der Waals surface area (Å²) in [5.41, 5.74) is 3.33. The Morgan fingerprint density at radius 2 is 2.12 bits per heavy atom. The van der Waals surface area contributed by atoms with Gasteiger partial charge in [-0.3, -0.25) is 5.10 Å². The van der Waals surface area contributed by atoms with Crippen LogP contribution in [0.25, 0.3) is 11.3 Å². The van der Waals surface area contributed by atoms with Crippen molar-refractivity contribution >= 4 is 0 Å². The predicted octanol–water partition coefficient (Wildman–Crippen LogP) is 2.38. The molecule has 2 N–H and O–H groups in total. The number of fused-ring (bicyclic) bond motifs is 1. The van der Waals surface area contributed by atoms with Gasteiger partial charge in [-0.1, -0.05) is 0 Å². The minimum atomic E-state index is 0.301. The molecule has 1 aromatic carbocycles. The molecule has 0 radical (unpaired) electrons. The van der Waals surface area contributed by atoms with Crippen molar-refractivity contribution in [3.63, 3.8) is 0 Å². The number of hydrogen-bond acceptors (Lipinski definition) is 5. The second kappa shape index (κ2) is 6.35. The van der Waals surface area contributed by atoms with E-state index in [4.69, 9.17) is 9.47 Å². The van der Waals surface area contributed by atoms with E-state index >= 15 is 0 Å². The summed E-state index contributed by atoms with van der Waals surface area (Å²) in [6, 6.07) is 6.93. The van der Waals surface area contributed by atoms with Crippen LogP contribution >= 0.6 is 0 Å². The third-order valence-corrected chi connectivity index (χ3v) is 5.51. The summed E-state index contributed by atoms with van der Waals surface area (Å²) in [7, 11) is 0. The lowest BCUT2D eigenvalue weighted by Gasteiger charge is -2.15. The number of rotatable bonds is 6. The Hall–Kier alpha value is -2.05. The van der Waals surface area contributed by atoms with Crippen LogP contribution in [-0.2, 0) is 6.54 Å². The maximum Gasteiger partial charge on any atom is 0.231 e. The second-order valence-corrected chi connectivity index (χ2v) is 7.35. The molecule has 132 valence electrons. The van der Waals surface area contributed by atoms with E-state index in [1.807, 2.05) is 18.3 Å². The summed E-state index contributed by atoms with van der Waals surface area (Å²) in [4.78, 5) is 2.67. The Morgan fingerprint density at radius 1 is 1.20 bits per heavy atom. The molecule has 2 aliphatic heterocycles. The molecule has 2 fully saturated rings. The van der Waals surface area contributed by atoms with Crippen LogP contribution in [0.1, 0.15) is 24.8 Å². The molecule has 1 aliphatic carbocycles. The number of nitrogens with one attached hydrogen (secondary N) is 2. The average molecular weight is 340 g/mol. The van der Waals surface area contributed by atoms with Crippen molar-refractivity contribution in [2.75, 3.05) is 26.4 Å². The summed E-state index contributed by atoms with van der Waals surface area (Å²) in [6.07, 6.45) is 6.06. The minimum absolute atomic E-state index is 0.301. The first kappa shape index (κ1) is 15.2. The standard InChI is InChI=1S/C19H24N4O2/c1-4-17-18(25-12-24-17)7-14(1)19-15(10-21-22-19)9-20-8-13-5-6-23(11-13)16-2-3-16/h1,4,7,10,13,16,20H,2-3,5-6,8-9,11-12H2,(H,21,22). The Labute approximate surface area is 147 Å². The number of H-pyrrole nitrogens is 1. The molecule has 2 aromatic rings. The molecular weight excluding hydrogens is 316 g/mol. The number of aromatic nitrogens is 2. The van der Waals surface area contributed by atoms with E-state index in [0.717, 1.165) is 47.8 Å². The highest BCUT2D eigenvalue weighted by atomic mass is 16.7. The SMILES string of the molecule is c1cc2c(cc1-c1[nH]ncc1CNCC1CCN(C3CC3)C1)OCO2. The molecule has 3 heterocycles. The molecule has 3 aliphatic rings. The van der Waals surface area contributed by atoms with Crippen LogP contribution in [0, 0.1) is 5.92 Å². The van der Waals surface area contributed by atoms with Gasteiger partial charge in [0.2, 0.25) is 6.79 Å². The zero-order valence-corrected chi connectivity index (χ0v) is 14.3. The molecule has 1 saturated heterocycles. The molecule has 1 unspecified atom stereocenters. The summed E-state index contributed by atoms with van der Waals surface area (Å²) < 4.78 is 10.9. The van der Waals surface area contributed by atoms with E-state index in [1.165, 1.54) is 37.9 Å². The zero-order valence-electron chi connectivity index (χ0n) is 14.3. The number of aromatic amines is 1. The maximum atomic E-state index is 5.48. The van der Waals surface area contributed by atoms with Crippen molar-refractivity contribution in [2.45, 2.75) is 31.8 Å². The van der Waals surface area contributed by atoms with E-state index in [1.54, 1.807) is 0 Å². The molecule has 25 heavy (non-hydrogen) atoms. The molecule has 0 spiro atoms. The number of likely N-dealkylation sites (tertiary alicyclic amines) is 1. The van der Waals surface area contributed by atoms with E-state index in [-0.39, 0.29) is 0 Å². The van der Waals surface area contributed by atoms with Gasteiger partial charge in [0.05, 0.1) is 11.9 Å². The van der Waals surface area contributed by atoms with Crippen molar-refractivity contribution in [3.8, 4) is 22.8 Å². The monoisotopic (exact) mass is 340 g/mol. The fraction of sp³-hybridized carbons (Fsp3) is 0.526. The van der Waals surface area contributed by atoms with E-state index in [0.29, 0.717) is 6.79 Å². The van der Waals surface area contributed by atoms with Gasteiger partial charge in [0.25, 0.3) is 0 Å². The Morgan fingerprint density at radius 3 is 3.04 bits per heavy atom. The zero-order chi connectivity index (χ0) is 16.6. The lowest BCUT2D eigenvalue weighted by molar-refractivity contribution is 0.174. The second-order valence-electron chi connectivity index (χ2n) is 7.35. The quantitative estimate of drug-likeness (QED) is 0.845. The normalized spacial score (nSPS) is 22.6. The molecular formula is C19H24N4O2. The molecule has 1 saturated carbocycles. The lowest BCUT2D eigenvalue weighted by Crippen LogP contribution is -2.27. The highest BCUT2D eigenvalue weighted by Gasteiger charge is 2.34. The third kappa shape index (κ3) is 3.12. The van der Waals surface area contributed by atoms with Crippen LogP contribution in [0.15, 0.2) is 24.4 Å². The van der Waals surface area contributed by atoms with Crippen molar-refractivity contribution in [3.05, 3.63) is 30.0 Å². The van der Waals surface area contributed by atoms with Crippen LogP contribution in [0.5, 0.6) is 11.5 Å². The summed E-state index contributed by atoms with van der Waals surface area (Å²) >= 11 is 0. The van der Waals surface area contributed by atoms with Gasteiger partial charge in [-0.2, -0.15) is 5.10 Å². The minimum Gasteiger partial charge on any atom is -0.454 e. The molecule has 0 bridgehead atoms.